The van der Waals surface area contributed by atoms with Crippen molar-refractivity contribution in [2.24, 2.45) is 5.73 Å². The van der Waals surface area contributed by atoms with Crippen molar-refractivity contribution in [3.05, 3.63) is 0 Å². The molecule has 1 aliphatic heterocycles. The third kappa shape index (κ3) is 9.56. The molecule has 10 heteroatoms. The highest BCUT2D eigenvalue weighted by Gasteiger charge is 2.39. The van der Waals surface area contributed by atoms with Crippen LogP contribution in [-0.2, 0) is 23.8 Å². The van der Waals surface area contributed by atoms with Crippen molar-refractivity contribution in [3.8, 4) is 0 Å². The second-order valence-electron chi connectivity index (χ2n) is 6.54. The van der Waals surface area contributed by atoms with Gasteiger partial charge in [-0.2, -0.15) is 0 Å². The Morgan fingerprint density at radius 3 is 2.78 bits per heavy atom. The molecule has 0 aromatic rings. The Balaban J connectivity index is 2.05. The van der Waals surface area contributed by atoms with Gasteiger partial charge >= 0.3 is 0 Å². The molecule has 1 rings (SSSR count). The van der Waals surface area contributed by atoms with Gasteiger partial charge < -0.3 is 40.6 Å². The minimum Gasteiger partial charge on any atom is -0.393 e. The summed E-state index contributed by atoms with van der Waals surface area (Å²) in [4.78, 5) is 23.0. The van der Waals surface area contributed by atoms with E-state index in [0.29, 0.717) is 19.4 Å². The van der Waals surface area contributed by atoms with E-state index in [4.69, 9.17) is 25.1 Å². The first-order chi connectivity index (χ1) is 12.8. The van der Waals surface area contributed by atoms with Crippen LogP contribution < -0.4 is 11.1 Å². The van der Waals surface area contributed by atoms with E-state index in [2.05, 4.69) is 5.32 Å². The number of ketones is 1. The minimum absolute atomic E-state index is 0.0283. The molecule has 27 heavy (non-hydrogen) atoms. The molecule has 0 aromatic carbocycles. The van der Waals surface area contributed by atoms with Crippen LogP contribution in [0.3, 0.4) is 0 Å². The van der Waals surface area contributed by atoms with E-state index >= 15 is 0 Å². The fourth-order valence-electron chi connectivity index (χ4n) is 2.60. The number of aliphatic hydroxyl groups excluding tert-OH is 2. The first-order valence-corrected chi connectivity index (χ1v) is 9.23. The molecule has 1 saturated heterocycles. The zero-order valence-corrected chi connectivity index (χ0v) is 15.8. The summed E-state index contributed by atoms with van der Waals surface area (Å²) in [5.41, 5.74) is 5.67. The lowest BCUT2D eigenvalue weighted by molar-refractivity contribution is -0.338. The van der Waals surface area contributed by atoms with Gasteiger partial charge in [0.2, 0.25) is 5.91 Å². The number of hydrogen-bond acceptors (Lipinski definition) is 9. The summed E-state index contributed by atoms with van der Waals surface area (Å²) in [5.74, 6) is -2.02. The van der Waals surface area contributed by atoms with Crippen molar-refractivity contribution in [2.45, 2.75) is 63.3 Å². The molecule has 1 amide bonds. The van der Waals surface area contributed by atoms with Crippen LogP contribution in [0.15, 0.2) is 0 Å². The molecule has 1 aliphatic rings. The fourth-order valence-corrected chi connectivity index (χ4v) is 2.60. The maximum atomic E-state index is 11.6. The van der Waals surface area contributed by atoms with Crippen LogP contribution in [-0.4, -0.2) is 84.2 Å². The summed E-state index contributed by atoms with van der Waals surface area (Å²) in [6.07, 6.45) is -0.603. The maximum absolute atomic E-state index is 11.6. The summed E-state index contributed by atoms with van der Waals surface area (Å²) in [6.45, 7) is 2.00. The molecule has 1 fully saturated rings. The summed E-state index contributed by atoms with van der Waals surface area (Å²) >= 11 is 0. The molecule has 0 spiro atoms. The Hall–Kier alpha value is -1.14. The number of nitrogens with one attached hydrogen (secondary N) is 1. The smallest absolute Gasteiger partial charge is 0.222 e. The Morgan fingerprint density at radius 2 is 2.11 bits per heavy atom. The van der Waals surface area contributed by atoms with E-state index in [1.807, 2.05) is 0 Å². The van der Waals surface area contributed by atoms with E-state index in [0.717, 1.165) is 0 Å². The molecule has 0 saturated carbocycles. The van der Waals surface area contributed by atoms with Gasteiger partial charge in [0.05, 0.1) is 38.6 Å². The first kappa shape index (κ1) is 23.9. The third-order valence-corrected chi connectivity index (χ3v) is 4.16. The third-order valence-electron chi connectivity index (χ3n) is 4.16. The molecule has 0 radical (unpaired) electrons. The molecule has 158 valence electrons. The lowest BCUT2D eigenvalue weighted by Gasteiger charge is -2.38. The molecule has 10 nitrogen and oxygen atoms in total. The second kappa shape index (κ2) is 12.3. The van der Waals surface area contributed by atoms with Crippen molar-refractivity contribution in [1.29, 1.82) is 0 Å². The number of ether oxygens (including phenoxy) is 3. The van der Waals surface area contributed by atoms with Gasteiger partial charge in [0.1, 0.15) is 5.78 Å². The quantitative estimate of drug-likeness (QED) is 0.233. The number of hydrogen-bond donors (Lipinski definition) is 5. The minimum atomic E-state index is -1.80. The monoisotopic (exact) mass is 392 g/mol. The van der Waals surface area contributed by atoms with Crippen molar-refractivity contribution in [2.75, 3.05) is 33.0 Å². The molecular formula is C17H32N2O8. The van der Waals surface area contributed by atoms with Crippen molar-refractivity contribution >= 4 is 11.7 Å². The van der Waals surface area contributed by atoms with E-state index in [-0.39, 0.29) is 50.8 Å². The number of Topliss-reactive ketones (excluding diaryl/α,β-unsaturated/α-hetero) is 1. The number of aliphatic hydroxyl groups is 3. The lowest BCUT2D eigenvalue weighted by Crippen LogP contribution is -2.49. The summed E-state index contributed by atoms with van der Waals surface area (Å²) in [7, 11) is 0. The summed E-state index contributed by atoms with van der Waals surface area (Å²) < 4.78 is 15.8. The number of carbonyl (C=O) groups is 2. The van der Waals surface area contributed by atoms with Crippen molar-refractivity contribution < 1.29 is 39.1 Å². The second-order valence-corrected chi connectivity index (χ2v) is 6.54. The Labute approximate surface area is 159 Å². The van der Waals surface area contributed by atoms with E-state index in [9.17, 15) is 19.8 Å². The topological polar surface area (TPSA) is 161 Å². The summed E-state index contributed by atoms with van der Waals surface area (Å²) in [6, 6.07) is -0.548. The van der Waals surface area contributed by atoms with Crippen LogP contribution in [0.25, 0.3) is 0 Å². The number of rotatable bonds is 13. The molecule has 0 bridgehead atoms. The zero-order chi connectivity index (χ0) is 20.3. The highest BCUT2D eigenvalue weighted by molar-refractivity contribution is 5.83. The Kier molecular flexibility index (Phi) is 10.9. The van der Waals surface area contributed by atoms with Crippen LogP contribution in [0, 0.1) is 0 Å². The van der Waals surface area contributed by atoms with Gasteiger partial charge in [0, 0.05) is 32.2 Å². The predicted octanol–water partition coefficient (Wildman–Crippen LogP) is -1.60. The Bertz CT molecular complexity index is 464. The molecule has 0 aliphatic carbocycles. The average Bonchev–Trinajstić information content (AvgIpc) is 2.63. The Morgan fingerprint density at radius 1 is 1.37 bits per heavy atom. The van der Waals surface area contributed by atoms with Gasteiger partial charge in [-0.15, -0.1) is 0 Å². The number of amides is 1. The van der Waals surface area contributed by atoms with E-state index in [1.54, 1.807) is 6.92 Å². The van der Waals surface area contributed by atoms with E-state index < -0.39 is 30.8 Å². The fraction of sp³-hybridized carbons (Fsp3) is 0.882. The molecular weight excluding hydrogens is 360 g/mol. The lowest BCUT2D eigenvalue weighted by atomic mass is 10.0. The molecule has 4 atom stereocenters. The van der Waals surface area contributed by atoms with Gasteiger partial charge in [0.15, 0.2) is 12.1 Å². The van der Waals surface area contributed by atoms with Gasteiger partial charge in [-0.25, -0.2) is 0 Å². The van der Waals surface area contributed by atoms with Crippen molar-refractivity contribution in [1.82, 2.24) is 5.32 Å². The zero-order valence-electron chi connectivity index (χ0n) is 15.8. The van der Waals surface area contributed by atoms with Crippen LogP contribution in [0.4, 0.5) is 0 Å². The number of nitrogens with two attached hydrogens (primary N) is 1. The normalized spacial score (nSPS) is 26.6. The molecule has 1 unspecified atom stereocenters. The van der Waals surface area contributed by atoms with Crippen LogP contribution in [0.1, 0.15) is 39.0 Å². The molecule has 6 N–H and O–H groups in total. The highest BCUT2D eigenvalue weighted by atomic mass is 16.7. The summed E-state index contributed by atoms with van der Waals surface area (Å²) in [5, 5.41) is 31.3. The molecule has 0 aromatic heterocycles. The number of carbonyl (C=O) groups excluding carboxylic acids is 2. The first-order valence-electron chi connectivity index (χ1n) is 9.23. The van der Waals surface area contributed by atoms with Gasteiger partial charge in [-0.3, -0.25) is 9.59 Å². The van der Waals surface area contributed by atoms with Gasteiger partial charge in [-0.1, -0.05) is 6.92 Å². The molecule has 1 heterocycles. The SMILES string of the molecule is CCC(=O)[C@@H](N)CCNC(=O)CCOCCO[C@@H]1C[C@@H](O)CC(O)(CO)O1. The van der Waals surface area contributed by atoms with E-state index in [1.165, 1.54) is 0 Å². The van der Waals surface area contributed by atoms with Gasteiger partial charge in [0.25, 0.3) is 0 Å². The van der Waals surface area contributed by atoms with Crippen LogP contribution in [0.5, 0.6) is 0 Å². The maximum Gasteiger partial charge on any atom is 0.222 e. The van der Waals surface area contributed by atoms with Crippen LogP contribution >= 0.6 is 0 Å². The average molecular weight is 392 g/mol. The van der Waals surface area contributed by atoms with Crippen LogP contribution in [0.2, 0.25) is 0 Å². The standard InChI is InChI=1S/C17H32N2O8/c1-2-14(22)13(18)3-5-19-15(23)4-6-25-7-8-26-16-9-12(21)10-17(24,11-20)27-16/h12-13,16,20-21,24H,2-11,18H2,1H3,(H,19,23)/t12-,13+,16+,17?/m1/s1. The predicted molar refractivity (Wildman–Crippen MR) is 94.4 cm³/mol. The largest absolute Gasteiger partial charge is 0.393 e. The van der Waals surface area contributed by atoms with Crippen molar-refractivity contribution in [3.63, 3.8) is 0 Å². The highest BCUT2D eigenvalue weighted by Crippen LogP contribution is 2.27. The van der Waals surface area contributed by atoms with Gasteiger partial charge in [-0.05, 0) is 6.42 Å².